The van der Waals surface area contributed by atoms with Crippen molar-refractivity contribution in [2.75, 3.05) is 30.8 Å². The molecule has 0 aliphatic carbocycles. The van der Waals surface area contributed by atoms with E-state index < -0.39 is 0 Å². The van der Waals surface area contributed by atoms with Gasteiger partial charge in [-0.25, -0.2) is 0 Å². The molecule has 0 saturated carbocycles. The zero-order valence-corrected chi connectivity index (χ0v) is 18.4. The van der Waals surface area contributed by atoms with E-state index in [1.54, 1.807) is 0 Å². The molecule has 0 aromatic heterocycles. The molecule has 2 spiro atoms. The van der Waals surface area contributed by atoms with E-state index in [1.165, 1.54) is 17.0 Å². The van der Waals surface area contributed by atoms with E-state index in [-0.39, 0.29) is 17.0 Å². The molecule has 0 unspecified atom stereocenters. The van der Waals surface area contributed by atoms with E-state index in [1.807, 2.05) is 6.07 Å². The van der Waals surface area contributed by atoms with E-state index in [0.717, 1.165) is 41.8 Å². The van der Waals surface area contributed by atoms with Crippen molar-refractivity contribution in [2.24, 2.45) is 4.99 Å². The Bertz CT molecular complexity index is 1070. The second kappa shape index (κ2) is 5.59. The van der Waals surface area contributed by atoms with Crippen molar-refractivity contribution in [1.82, 2.24) is 4.90 Å². The van der Waals surface area contributed by atoms with Gasteiger partial charge in [-0.05, 0) is 48.2 Å². The van der Waals surface area contributed by atoms with Crippen molar-refractivity contribution in [1.29, 1.82) is 0 Å². The van der Waals surface area contributed by atoms with Crippen LogP contribution in [0.5, 0.6) is 0 Å². The zero-order valence-electron chi connectivity index (χ0n) is 15.3. The number of likely N-dealkylation sites (tertiary alicyclic amines) is 1. The van der Waals surface area contributed by atoms with Crippen molar-refractivity contribution in [3.8, 4) is 0 Å². The number of halogens is 3. The summed E-state index contributed by atoms with van der Waals surface area (Å²) in [7, 11) is 2.17. The van der Waals surface area contributed by atoms with E-state index >= 15 is 0 Å². The average molecular weight is 478 g/mol. The van der Waals surface area contributed by atoms with Gasteiger partial charge in [0.2, 0.25) is 0 Å². The number of amidine groups is 1. The number of likely N-dealkylation sites (N-methyl/N-ethyl adjacent to an activating group) is 1. The zero-order chi connectivity index (χ0) is 19.3. The van der Waals surface area contributed by atoms with Gasteiger partial charge in [-0.1, -0.05) is 45.2 Å². The topological polar surface area (TPSA) is 39.7 Å². The Labute approximate surface area is 182 Å². The number of piperidine rings is 1. The first-order chi connectivity index (χ1) is 13.5. The molecule has 4 aliphatic heterocycles. The minimum Gasteiger partial charge on any atom is -0.364 e. The molecule has 2 aromatic carbocycles. The van der Waals surface area contributed by atoms with E-state index in [4.69, 9.17) is 28.2 Å². The summed E-state index contributed by atoms with van der Waals surface area (Å²) >= 11 is 16.8. The predicted octanol–water partition coefficient (Wildman–Crippen LogP) is 5.25. The Balaban J connectivity index is 1.73. The van der Waals surface area contributed by atoms with Crippen LogP contribution in [0.15, 0.2) is 39.8 Å². The Kier molecular flexibility index (Phi) is 3.48. The number of hydrogen-bond acceptors (Lipinski definition) is 4. The lowest BCUT2D eigenvalue weighted by Crippen LogP contribution is -2.69. The molecule has 144 valence electrons. The fourth-order valence-corrected chi connectivity index (χ4v) is 7.09. The van der Waals surface area contributed by atoms with Crippen LogP contribution in [0.1, 0.15) is 24.0 Å². The van der Waals surface area contributed by atoms with Gasteiger partial charge < -0.3 is 15.5 Å². The Hall–Kier alpha value is -1.43. The molecule has 2 aromatic rings. The second-order valence-electron chi connectivity index (χ2n) is 8.23. The molecule has 2 N–H and O–H groups in total. The van der Waals surface area contributed by atoms with Crippen LogP contribution in [0.4, 0.5) is 11.4 Å². The number of fused-ring (bicyclic) bond motifs is 2. The quantitative estimate of drug-likeness (QED) is 0.544. The van der Waals surface area contributed by atoms with Crippen LogP contribution in [0.25, 0.3) is 0 Å². The first-order valence-corrected chi connectivity index (χ1v) is 11.1. The maximum Gasteiger partial charge on any atom is 0.111 e. The summed E-state index contributed by atoms with van der Waals surface area (Å²) in [4.78, 5) is 7.36. The van der Waals surface area contributed by atoms with Gasteiger partial charge in [-0.2, -0.15) is 0 Å². The van der Waals surface area contributed by atoms with E-state index in [0.29, 0.717) is 10.0 Å². The van der Waals surface area contributed by atoms with Crippen molar-refractivity contribution < 1.29 is 0 Å². The largest absolute Gasteiger partial charge is 0.364 e. The molecule has 0 radical (unpaired) electrons. The summed E-state index contributed by atoms with van der Waals surface area (Å²) in [5.74, 6) is 1.19. The first kappa shape index (κ1) is 17.4. The second-order valence-corrected chi connectivity index (χ2v) is 9.98. The van der Waals surface area contributed by atoms with Crippen molar-refractivity contribution in [3.05, 3.63) is 56.0 Å². The number of rotatable bonds is 0. The average Bonchev–Trinajstić information content (AvgIpc) is 3.22. The number of hydrogen-bond donors (Lipinski definition) is 2. The van der Waals surface area contributed by atoms with Crippen molar-refractivity contribution in [3.63, 3.8) is 0 Å². The molecule has 0 bridgehead atoms. The van der Waals surface area contributed by atoms with E-state index in [9.17, 15) is 0 Å². The van der Waals surface area contributed by atoms with Crippen LogP contribution >= 0.6 is 39.1 Å². The summed E-state index contributed by atoms with van der Waals surface area (Å²) in [6.45, 7) is 1.79. The predicted molar refractivity (Wildman–Crippen MR) is 119 cm³/mol. The minimum absolute atomic E-state index is 0.0391. The van der Waals surface area contributed by atoms with Gasteiger partial charge in [0.05, 0.1) is 21.5 Å². The van der Waals surface area contributed by atoms with Gasteiger partial charge in [0.15, 0.2) is 0 Å². The standard InChI is InChI=1S/C21H19BrCl2N4/c1-28-7-5-20-14-9-12(23)10-15(24)17(14)27-18(20)26-16-8-11(22)2-3-13(16)21(20)4-6-25-19(21)28/h2-3,8-10,18,26-27H,4-7H2,1H3/t18-,20+,21-/m0/s1. The third kappa shape index (κ3) is 1.86. The molecule has 4 nitrogen and oxygen atoms in total. The highest BCUT2D eigenvalue weighted by Crippen LogP contribution is 2.65. The molecule has 0 amide bonds. The Morgan fingerprint density at radius 3 is 2.86 bits per heavy atom. The third-order valence-corrected chi connectivity index (χ3v) is 8.16. The van der Waals surface area contributed by atoms with Crippen molar-refractivity contribution >= 4 is 56.3 Å². The van der Waals surface area contributed by atoms with Gasteiger partial charge in [-0.3, -0.25) is 4.99 Å². The van der Waals surface area contributed by atoms with Crippen LogP contribution < -0.4 is 10.6 Å². The van der Waals surface area contributed by atoms with Crippen LogP contribution in [-0.2, 0) is 10.8 Å². The van der Waals surface area contributed by atoms with Gasteiger partial charge >= 0.3 is 0 Å². The highest BCUT2D eigenvalue weighted by molar-refractivity contribution is 9.10. The van der Waals surface area contributed by atoms with Crippen LogP contribution in [0.3, 0.4) is 0 Å². The molecule has 3 atom stereocenters. The molecule has 28 heavy (non-hydrogen) atoms. The molecule has 1 fully saturated rings. The van der Waals surface area contributed by atoms with Crippen molar-refractivity contribution in [2.45, 2.75) is 29.8 Å². The Morgan fingerprint density at radius 1 is 1.14 bits per heavy atom. The van der Waals surface area contributed by atoms with Gasteiger partial charge in [0.25, 0.3) is 0 Å². The maximum atomic E-state index is 6.65. The van der Waals surface area contributed by atoms with Gasteiger partial charge in [0.1, 0.15) is 12.0 Å². The molecule has 4 heterocycles. The molecule has 7 heteroatoms. The van der Waals surface area contributed by atoms with E-state index in [2.05, 4.69) is 62.8 Å². The summed E-state index contributed by atoms with van der Waals surface area (Å²) < 4.78 is 1.07. The lowest BCUT2D eigenvalue weighted by molar-refractivity contribution is 0.179. The molecular formula is C21H19BrCl2N4. The number of benzene rings is 2. The minimum atomic E-state index is -0.196. The summed E-state index contributed by atoms with van der Waals surface area (Å²) in [5, 5.41) is 8.88. The maximum absolute atomic E-state index is 6.65. The summed E-state index contributed by atoms with van der Waals surface area (Å²) in [5.41, 5.74) is 4.32. The first-order valence-electron chi connectivity index (χ1n) is 9.56. The lowest BCUT2D eigenvalue weighted by Gasteiger charge is -2.59. The third-order valence-electron chi connectivity index (χ3n) is 7.15. The highest BCUT2D eigenvalue weighted by atomic mass is 79.9. The number of nitrogens with one attached hydrogen (secondary N) is 2. The normalized spacial score (nSPS) is 31.6. The molecular weight excluding hydrogens is 459 g/mol. The SMILES string of the molecule is CN1CC[C@@]23c4cc(Cl)cc(Cl)c4N[C@@H]2Nc2cc(Br)ccc2[C@]32CCN=C12. The smallest absolute Gasteiger partial charge is 0.111 e. The monoisotopic (exact) mass is 476 g/mol. The number of aliphatic imine (C=N–C) groups is 1. The van der Waals surface area contributed by atoms with Crippen LogP contribution in [-0.4, -0.2) is 37.0 Å². The van der Waals surface area contributed by atoms with Crippen LogP contribution in [0, 0.1) is 0 Å². The molecule has 4 aliphatic rings. The lowest BCUT2D eigenvalue weighted by atomic mass is 9.50. The number of nitrogens with zero attached hydrogens (tertiary/aromatic N) is 2. The molecule has 1 saturated heterocycles. The fraction of sp³-hybridized carbons (Fsp3) is 0.381. The summed E-state index contributed by atoms with van der Waals surface area (Å²) in [6, 6.07) is 10.5. The summed E-state index contributed by atoms with van der Waals surface area (Å²) in [6.07, 6.45) is 2.04. The van der Waals surface area contributed by atoms with Gasteiger partial charge in [0, 0.05) is 35.3 Å². The Morgan fingerprint density at radius 2 is 2.00 bits per heavy atom. The molecule has 6 rings (SSSR count). The van der Waals surface area contributed by atoms with Crippen LogP contribution in [0.2, 0.25) is 10.0 Å². The highest BCUT2D eigenvalue weighted by Gasteiger charge is 2.69. The fourth-order valence-electron chi connectivity index (χ4n) is 6.18. The van der Waals surface area contributed by atoms with Gasteiger partial charge in [-0.15, -0.1) is 0 Å². The number of anilines is 2.